The van der Waals surface area contributed by atoms with Crippen LogP contribution in [-0.4, -0.2) is 49.2 Å². The van der Waals surface area contributed by atoms with E-state index in [0.29, 0.717) is 30.4 Å². The summed E-state index contributed by atoms with van der Waals surface area (Å²) in [6.45, 7) is 7.44. The van der Waals surface area contributed by atoms with Crippen LogP contribution in [0.25, 0.3) is 0 Å². The molecule has 2 bridgehead atoms. The minimum Gasteiger partial charge on any atom is -0.341 e. The Morgan fingerprint density at radius 2 is 1.75 bits per heavy atom. The smallest absolute Gasteiger partial charge is 0.243 e. The van der Waals surface area contributed by atoms with E-state index in [1.54, 1.807) is 28.3 Å². The Morgan fingerprint density at radius 1 is 1.08 bits per heavy atom. The SMILES string of the molecule is CC(=O)N1C[C@@H]2CC[C@H](C1)N(S(=O)(=O)c1ccc(C(C)C)cc1)C2. The van der Waals surface area contributed by atoms with Crippen LogP contribution < -0.4 is 0 Å². The number of fused-ring (bicyclic) bond motifs is 4. The highest BCUT2D eigenvalue weighted by Crippen LogP contribution is 2.32. The van der Waals surface area contributed by atoms with Crippen LogP contribution in [-0.2, 0) is 14.8 Å². The number of nitrogens with zero attached hydrogens (tertiary/aromatic N) is 2. The van der Waals surface area contributed by atoms with E-state index in [2.05, 4.69) is 13.8 Å². The molecule has 0 N–H and O–H groups in total. The molecule has 24 heavy (non-hydrogen) atoms. The van der Waals surface area contributed by atoms with Crippen molar-refractivity contribution >= 4 is 15.9 Å². The highest BCUT2D eigenvalue weighted by molar-refractivity contribution is 7.89. The van der Waals surface area contributed by atoms with E-state index >= 15 is 0 Å². The Hall–Kier alpha value is -1.40. The predicted octanol–water partition coefficient (Wildman–Crippen LogP) is 2.44. The van der Waals surface area contributed by atoms with Gasteiger partial charge >= 0.3 is 0 Å². The van der Waals surface area contributed by atoms with Crippen molar-refractivity contribution in [2.45, 2.75) is 50.5 Å². The van der Waals surface area contributed by atoms with Crippen molar-refractivity contribution in [2.75, 3.05) is 19.6 Å². The fraction of sp³-hybridized carbons (Fsp3) is 0.611. The largest absolute Gasteiger partial charge is 0.341 e. The third-order valence-corrected chi connectivity index (χ3v) is 7.19. The molecule has 6 heteroatoms. The molecule has 1 aromatic rings. The first-order chi connectivity index (χ1) is 11.3. The maximum absolute atomic E-state index is 13.1. The van der Waals surface area contributed by atoms with Crippen molar-refractivity contribution in [3.8, 4) is 0 Å². The molecule has 2 atom stereocenters. The lowest BCUT2D eigenvalue weighted by molar-refractivity contribution is -0.129. The molecule has 4 rings (SSSR count). The normalized spacial score (nSPS) is 25.1. The number of sulfonamides is 1. The zero-order valence-corrected chi connectivity index (χ0v) is 15.4. The van der Waals surface area contributed by atoms with E-state index in [9.17, 15) is 13.2 Å². The zero-order chi connectivity index (χ0) is 17.5. The number of piperidine rings is 1. The average Bonchev–Trinajstić information content (AvgIpc) is 2.87. The Morgan fingerprint density at radius 3 is 2.33 bits per heavy atom. The standard InChI is InChI=1S/C18H26N2O3S/c1-13(2)16-5-8-18(9-6-16)24(22,23)20-11-15-4-7-17(20)12-19(10-15)14(3)21/h5-6,8-9,13,15,17H,4,7,10-12H2,1-3H3/t15-,17+/m0/s1. The van der Waals surface area contributed by atoms with Gasteiger partial charge in [-0.3, -0.25) is 4.79 Å². The quantitative estimate of drug-likeness (QED) is 0.841. The van der Waals surface area contributed by atoms with Gasteiger partial charge in [0.05, 0.1) is 4.90 Å². The highest BCUT2D eigenvalue weighted by atomic mass is 32.2. The number of hydrogen-bond acceptors (Lipinski definition) is 3. The second-order valence-corrected chi connectivity index (χ2v) is 9.21. The van der Waals surface area contributed by atoms with E-state index in [1.165, 1.54) is 0 Å². The Balaban J connectivity index is 1.88. The van der Waals surface area contributed by atoms with E-state index < -0.39 is 10.0 Å². The van der Waals surface area contributed by atoms with Crippen molar-refractivity contribution in [1.82, 2.24) is 9.21 Å². The second kappa shape index (κ2) is 6.48. The van der Waals surface area contributed by atoms with Gasteiger partial charge in [0.25, 0.3) is 0 Å². The number of carbonyl (C=O) groups excluding carboxylic acids is 1. The van der Waals surface area contributed by atoms with Gasteiger partial charge in [-0.2, -0.15) is 4.31 Å². The molecule has 0 aromatic heterocycles. The number of amides is 1. The Kier molecular flexibility index (Phi) is 4.71. The van der Waals surface area contributed by atoms with Crippen LogP contribution >= 0.6 is 0 Å². The van der Waals surface area contributed by atoms with Gasteiger partial charge in [0.1, 0.15) is 0 Å². The van der Waals surface area contributed by atoms with Crippen LogP contribution in [0, 0.1) is 5.92 Å². The first-order valence-electron chi connectivity index (χ1n) is 8.66. The highest BCUT2D eigenvalue weighted by Gasteiger charge is 2.41. The maximum Gasteiger partial charge on any atom is 0.243 e. The fourth-order valence-corrected chi connectivity index (χ4v) is 5.47. The van der Waals surface area contributed by atoms with Crippen LogP contribution in [0.4, 0.5) is 0 Å². The van der Waals surface area contributed by atoms with Gasteiger partial charge < -0.3 is 4.90 Å². The summed E-state index contributed by atoms with van der Waals surface area (Å²) in [5, 5.41) is 0. The lowest BCUT2D eigenvalue weighted by atomic mass is 9.97. The summed E-state index contributed by atoms with van der Waals surface area (Å²) >= 11 is 0. The number of hydrogen-bond donors (Lipinski definition) is 0. The van der Waals surface area contributed by atoms with Crippen LogP contribution in [0.15, 0.2) is 29.2 Å². The van der Waals surface area contributed by atoms with Crippen LogP contribution in [0.3, 0.4) is 0 Å². The Labute approximate surface area is 144 Å². The molecular formula is C18H26N2O3S. The minimum absolute atomic E-state index is 0.0347. The van der Waals surface area contributed by atoms with Gasteiger partial charge in [0, 0.05) is 32.6 Å². The van der Waals surface area contributed by atoms with Crippen molar-refractivity contribution in [3.05, 3.63) is 29.8 Å². The third-order valence-electron chi connectivity index (χ3n) is 5.26. The molecule has 3 heterocycles. The van der Waals surface area contributed by atoms with Gasteiger partial charge in [0.15, 0.2) is 0 Å². The van der Waals surface area contributed by atoms with E-state index in [-0.39, 0.29) is 17.9 Å². The van der Waals surface area contributed by atoms with Gasteiger partial charge in [0.2, 0.25) is 15.9 Å². The topological polar surface area (TPSA) is 57.7 Å². The molecule has 3 saturated heterocycles. The fourth-order valence-electron chi connectivity index (χ4n) is 3.75. The van der Waals surface area contributed by atoms with Gasteiger partial charge in [-0.25, -0.2) is 8.42 Å². The van der Waals surface area contributed by atoms with Crippen molar-refractivity contribution in [3.63, 3.8) is 0 Å². The summed E-state index contributed by atoms with van der Waals surface area (Å²) in [5.74, 6) is 0.643. The van der Waals surface area contributed by atoms with Crippen LogP contribution in [0.5, 0.6) is 0 Å². The van der Waals surface area contributed by atoms with Crippen LogP contribution in [0.1, 0.15) is 45.1 Å². The van der Waals surface area contributed by atoms with Gasteiger partial charge in [-0.15, -0.1) is 0 Å². The molecule has 5 nitrogen and oxygen atoms in total. The molecular weight excluding hydrogens is 324 g/mol. The molecule has 3 aliphatic heterocycles. The molecule has 0 spiro atoms. The summed E-state index contributed by atoms with van der Waals surface area (Å²) in [5.41, 5.74) is 1.13. The van der Waals surface area contributed by atoms with E-state index in [4.69, 9.17) is 0 Å². The van der Waals surface area contributed by atoms with E-state index in [1.807, 2.05) is 12.1 Å². The first-order valence-corrected chi connectivity index (χ1v) is 10.1. The molecule has 3 fully saturated rings. The molecule has 0 aliphatic carbocycles. The summed E-state index contributed by atoms with van der Waals surface area (Å²) in [7, 11) is -3.51. The first kappa shape index (κ1) is 17.4. The predicted molar refractivity (Wildman–Crippen MR) is 93.2 cm³/mol. The maximum atomic E-state index is 13.1. The number of carbonyl (C=O) groups is 1. The number of rotatable bonds is 3. The summed E-state index contributed by atoms with van der Waals surface area (Å²) in [6.07, 6.45) is 1.82. The van der Waals surface area contributed by atoms with Crippen LogP contribution in [0.2, 0.25) is 0 Å². The Bertz CT molecular complexity index is 712. The van der Waals surface area contributed by atoms with Gasteiger partial charge in [-0.1, -0.05) is 26.0 Å². The van der Waals surface area contributed by atoms with Gasteiger partial charge in [-0.05, 0) is 42.4 Å². The summed E-state index contributed by atoms with van der Waals surface area (Å²) in [4.78, 5) is 13.9. The monoisotopic (exact) mass is 350 g/mol. The third kappa shape index (κ3) is 3.22. The molecule has 0 unspecified atom stereocenters. The zero-order valence-electron chi connectivity index (χ0n) is 14.6. The molecule has 0 radical (unpaired) electrons. The molecule has 3 aliphatic rings. The number of benzene rings is 1. The van der Waals surface area contributed by atoms with Crippen molar-refractivity contribution in [1.29, 1.82) is 0 Å². The molecule has 1 aromatic carbocycles. The van der Waals surface area contributed by atoms with Crippen molar-refractivity contribution < 1.29 is 13.2 Å². The summed E-state index contributed by atoms with van der Waals surface area (Å²) in [6, 6.07) is 7.12. The molecule has 132 valence electrons. The lowest BCUT2D eigenvalue weighted by Crippen LogP contribution is -2.47. The second-order valence-electron chi connectivity index (χ2n) is 7.32. The summed E-state index contributed by atoms with van der Waals surface area (Å²) < 4.78 is 27.9. The van der Waals surface area contributed by atoms with E-state index in [0.717, 1.165) is 18.4 Å². The van der Waals surface area contributed by atoms with Crippen molar-refractivity contribution in [2.24, 2.45) is 5.92 Å². The lowest BCUT2D eigenvalue weighted by Gasteiger charge is -2.34. The molecule has 0 saturated carbocycles. The minimum atomic E-state index is -3.51. The molecule has 1 amide bonds. The average molecular weight is 350 g/mol.